The molecule has 0 spiro atoms. The highest BCUT2D eigenvalue weighted by molar-refractivity contribution is 7.16. The number of amides is 2. The predicted octanol–water partition coefficient (Wildman–Crippen LogP) is 2.89. The SMILES string of the molecule is CN(Cc1ccc(Cl)s1)C(=O)N1C2CCC1C(C(=O)O)C2. The number of hydrogen-bond donors (Lipinski definition) is 1. The first-order chi connectivity index (χ1) is 9.97. The minimum Gasteiger partial charge on any atom is -0.481 e. The summed E-state index contributed by atoms with van der Waals surface area (Å²) in [6.07, 6.45) is 2.30. The van der Waals surface area contributed by atoms with E-state index in [9.17, 15) is 14.7 Å². The van der Waals surface area contributed by atoms with E-state index in [1.165, 1.54) is 11.3 Å². The van der Waals surface area contributed by atoms with Gasteiger partial charge in [0.2, 0.25) is 0 Å². The van der Waals surface area contributed by atoms with E-state index in [2.05, 4.69) is 0 Å². The highest BCUT2D eigenvalue weighted by Gasteiger charge is 2.51. The summed E-state index contributed by atoms with van der Waals surface area (Å²) >= 11 is 7.36. The number of carboxylic acids is 1. The van der Waals surface area contributed by atoms with Crippen molar-refractivity contribution in [1.29, 1.82) is 0 Å². The van der Waals surface area contributed by atoms with Crippen LogP contribution in [0.1, 0.15) is 24.1 Å². The van der Waals surface area contributed by atoms with Gasteiger partial charge in [-0.3, -0.25) is 4.79 Å². The fourth-order valence-corrected chi connectivity index (χ4v) is 4.63. The van der Waals surface area contributed by atoms with Crippen LogP contribution >= 0.6 is 22.9 Å². The normalized spacial score (nSPS) is 27.1. The maximum absolute atomic E-state index is 12.6. The molecule has 7 heteroatoms. The Hall–Kier alpha value is -1.27. The molecule has 3 unspecified atom stereocenters. The molecule has 2 saturated heterocycles. The number of nitrogens with zero attached hydrogens (tertiary/aromatic N) is 2. The Morgan fingerprint density at radius 3 is 2.81 bits per heavy atom. The molecule has 2 amide bonds. The lowest BCUT2D eigenvalue weighted by atomic mass is 9.89. The van der Waals surface area contributed by atoms with Crippen LogP contribution in [-0.2, 0) is 11.3 Å². The summed E-state index contributed by atoms with van der Waals surface area (Å²) in [5.41, 5.74) is 0. The number of halogens is 1. The number of carbonyl (C=O) groups is 2. The number of hydrogen-bond acceptors (Lipinski definition) is 3. The summed E-state index contributed by atoms with van der Waals surface area (Å²) < 4.78 is 0.707. The molecule has 114 valence electrons. The van der Waals surface area contributed by atoms with E-state index in [0.29, 0.717) is 17.3 Å². The van der Waals surface area contributed by atoms with Crippen LogP contribution in [0.3, 0.4) is 0 Å². The molecule has 2 bridgehead atoms. The van der Waals surface area contributed by atoms with E-state index >= 15 is 0 Å². The fourth-order valence-electron chi connectivity index (χ4n) is 3.49. The summed E-state index contributed by atoms with van der Waals surface area (Å²) in [7, 11) is 1.75. The maximum Gasteiger partial charge on any atom is 0.320 e. The highest BCUT2D eigenvalue weighted by atomic mass is 35.5. The van der Waals surface area contributed by atoms with Crippen LogP contribution in [0.2, 0.25) is 4.34 Å². The Labute approximate surface area is 132 Å². The van der Waals surface area contributed by atoms with E-state index < -0.39 is 11.9 Å². The number of urea groups is 1. The van der Waals surface area contributed by atoms with Gasteiger partial charge in [-0.25, -0.2) is 4.79 Å². The van der Waals surface area contributed by atoms with Crippen molar-refractivity contribution in [1.82, 2.24) is 9.80 Å². The third kappa shape index (κ3) is 2.62. The monoisotopic (exact) mass is 328 g/mol. The smallest absolute Gasteiger partial charge is 0.320 e. The second-order valence-electron chi connectivity index (χ2n) is 5.73. The topological polar surface area (TPSA) is 60.9 Å². The highest BCUT2D eigenvalue weighted by Crippen LogP contribution is 2.42. The number of thiophene rings is 1. The molecule has 0 radical (unpaired) electrons. The molecule has 1 aromatic heterocycles. The molecular formula is C14H17ClN2O3S. The van der Waals surface area contributed by atoms with Gasteiger partial charge in [-0.15, -0.1) is 11.3 Å². The Morgan fingerprint density at radius 1 is 1.48 bits per heavy atom. The van der Waals surface area contributed by atoms with Crippen LogP contribution in [0.15, 0.2) is 12.1 Å². The summed E-state index contributed by atoms with van der Waals surface area (Å²) in [6.45, 7) is 0.504. The first kappa shape index (κ1) is 14.7. The molecule has 21 heavy (non-hydrogen) atoms. The Balaban J connectivity index is 1.69. The molecule has 0 aromatic carbocycles. The molecule has 2 fully saturated rings. The van der Waals surface area contributed by atoms with E-state index in [1.54, 1.807) is 16.8 Å². The van der Waals surface area contributed by atoms with Crippen LogP contribution in [0.25, 0.3) is 0 Å². The van der Waals surface area contributed by atoms with Crippen molar-refractivity contribution in [3.63, 3.8) is 0 Å². The minimum atomic E-state index is -0.785. The maximum atomic E-state index is 12.6. The van der Waals surface area contributed by atoms with Gasteiger partial charge in [0.15, 0.2) is 0 Å². The number of aliphatic carboxylic acids is 1. The van der Waals surface area contributed by atoms with Gasteiger partial charge in [0.1, 0.15) is 0 Å². The van der Waals surface area contributed by atoms with Crippen molar-refractivity contribution in [2.45, 2.75) is 37.9 Å². The number of rotatable bonds is 3. The molecular weight excluding hydrogens is 312 g/mol. The Kier molecular flexibility index (Phi) is 3.84. The van der Waals surface area contributed by atoms with Crippen LogP contribution < -0.4 is 0 Å². The molecule has 5 nitrogen and oxygen atoms in total. The van der Waals surface area contributed by atoms with Gasteiger partial charge in [0.05, 0.1) is 16.8 Å². The van der Waals surface area contributed by atoms with Gasteiger partial charge in [0.25, 0.3) is 0 Å². The summed E-state index contributed by atoms with van der Waals surface area (Å²) in [5, 5.41) is 9.25. The molecule has 3 heterocycles. The lowest BCUT2D eigenvalue weighted by Crippen LogP contribution is -2.44. The average Bonchev–Trinajstić information content (AvgIpc) is 3.12. The van der Waals surface area contributed by atoms with Gasteiger partial charge >= 0.3 is 12.0 Å². The third-order valence-electron chi connectivity index (χ3n) is 4.42. The first-order valence-corrected chi connectivity index (χ1v) is 8.17. The van der Waals surface area contributed by atoms with E-state index in [0.717, 1.165) is 17.7 Å². The van der Waals surface area contributed by atoms with Gasteiger partial charge in [-0.05, 0) is 31.4 Å². The molecule has 1 N–H and O–H groups in total. The summed E-state index contributed by atoms with van der Waals surface area (Å²) in [5.74, 6) is -1.19. The fraction of sp³-hybridized carbons (Fsp3) is 0.571. The predicted molar refractivity (Wildman–Crippen MR) is 80.6 cm³/mol. The molecule has 0 aliphatic carbocycles. The van der Waals surface area contributed by atoms with Gasteiger partial charge in [-0.1, -0.05) is 11.6 Å². The first-order valence-electron chi connectivity index (χ1n) is 6.98. The lowest BCUT2D eigenvalue weighted by Gasteiger charge is -2.28. The van der Waals surface area contributed by atoms with Crippen molar-refractivity contribution in [2.75, 3.05) is 7.05 Å². The Morgan fingerprint density at radius 2 is 2.24 bits per heavy atom. The number of fused-ring (bicyclic) bond motifs is 2. The Bertz CT molecular complexity index is 576. The second kappa shape index (κ2) is 5.50. The molecule has 1 aromatic rings. The molecule has 2 aliphatic rings. The van der Waals surface area contributed by atoms with Crippen LogP contribution in [0.5, 0.6) is 0 Å². The summed E-state index contributed by atoms with van der Waals surface area (Å²) in [4.78, 5) is 28.3. The lowest BCUT2D eigenvalue weighted by molar-refractivity contribution is -0.142. The molecule has 3 atom stereocenters. The van der Waals surface area contributed by atoms with Crippen molar-refractivity contribution in [3.8, 4) is 0 Å². The van der Waals surface area contributed by atoms with Crippen LogP contribution in [-0.4, -0.2) is 46.0 Å². The quantitative estimate of drug-likeness (QED) is 0.928. The van der Waals surface area contributed by atoms with Crippen LogP contribution in [0, 0.1) is 5.92 Å². The third-order valence-corrected chi connectivity index (χ3v) is 5.64. The number of carboxylic acid groups (broad SMARTS) is 1. The largest absolute Gasteiger partial charge is 0.481 e. The van der Waals surface area contributed by atoms with Crippen molar-refractivity contribution >= 4 is 34.9 Å². The van der Waals surface area contributed by atoms with E-state index in [4.69, 9.17) is 11.6 Å². The summed E-state index contributed by atoms with van der Waals surface area (Å²) in [6, 6.07) is 3.60. The second-order valence-corrected chi connectivity index (χ2v) is 7.53. The zero-order chi connectivity index (χ0) is 15.1. The zero-order valence-corrected chi connectivity index (χ0v) is 13.2. The van der Waals surface area contributed by atoms with E-state index in [1.807, 2.05) is 12.1 Å². The number of carbonyl (C=O) groups excluding carboxylic acids is 1. The standard InChI is InChI=1S/C14H17ClN2O3S/c1-16(7-9-3-5-12(15)21-9)14(20)17-8-2-4-11(17)10(6-8)13(18)19/h3,5,8,10-11H,2,4,6-7H2,1H3,(H,18,19). The van der Waals surface area contributed by atoms with Gasteiger partial charge in [-0.2, -0.15) is 0 Å². The molecule has 2 aliphatic heterocycles. The average molecular weight is 329 g/mol. The zero-order valence-electron chi connectivity index (χ0n) is 11.7. The van der Waals surface area contributed by atoms with Crippen molar-refractivity contribution in [3.05, 3.63) is 21.3 Å². The molecule has 3 rings (SSSR count). The molecule has 0 saturated carbocycles. The van der Waals surface area contributed by atoms with Gasteiger partial charge in [0, 0.05) is 24.0 Å². The van der Waals surface area contributed by atoms with Gasteiger partial charge < -0.3 is 14.9 Å². The van der Waals surface area contributed by atoms with Crippen LogP contribution in [0.4, 0.5) is 4.79 Å². The van der Waals surface area contributed by atoms with Crippen molar-refractivity contribution < 1.29 is 14.7 Å². The van der Waals surface area contributed by atoms with E-state index in [-0.39, 0.29) is 18.1 Å². The van der Waals surface area contributed by atoms with Crippen molar-refractivity contribution in [2.24, 2.45) is 5.92 Å². The minimum absolute atomic E-state index is 0.0734.